The van der Waals surface area contributed by atoms with Crippen molar-refractivity contribution in [2.75, 3.05) is 0 Å². The van der Waals surface area contributed by atoms with E-state index in [0.29, 0.717) is 19.2 Å². The van der Waals surface area contributed by atoms with Crippen LogP contribution in [0.4, 0.5) is 0 Å². The minimum atomic E-state index is 0.417. The van der Waals surface area contributed by atoms with Crippen LogP contribution >= 0.6 is 15.9 Å². The van der Waals surface area contributed by atoms with Gasteiger partial charge in [-0.1, -0.05) is 22.9 Å². The van der Waals surface area contributed by atoms with E-state index < -0.39 is 0 Å². The van der Waals surface area contributed by atoms with E-state index in [2.05, 4.69) is 34.9 Å². The van der Waals surface area contributed by atoms with Crippen molar-refractivity contribution in [2.24, 2.45) is 5.73 Å². The molecule has 0 aliphatic rings. The van der Waals surface area contributed by atoms with Crippen molar-refractivity contribution in [3.8, 4) is 5.75 Å². The average Bonchev–Trinajstić information content (AvgIpc) is 2.94. The highest BCUT2D eigenvalue weighted by Crippen LogP contribution is 2.22. The molecule has 1 aromatic heterocycles. The number of nitrogens with zero attached hydrogens (tertiary/aromatic N) is 2. The van der Waals surface area contributed by atoms with Crippen LogP contribution in [0.15, 0.2) is 34.9 Å². The standard InChI is InChI=1S/C15H20BrN3O/c1-3-11(2)19-7-6-13(18-19)10-20-14-4-5-15(16)12(8-14)9-17/h4-8,11H,3,9-10,17H2,1-2H3. The molecule has 0 fully saturated rings. The second-order valence-corrected chi connectivity index (χ2v) is 5.64. The zero-order valence-corrected chi connectivity index (χ0v) is 13.4. The van der Waals surface area contributed by atoms with Crippen molar-refractivity contribution < 1.29 is 4.74 Å². The summed E-state index contributed by atoms with van der Waals surface area (Å²) in [6, 6.07) is 8.25. The van der Waals surface area contributed by atoms with Crippen molar-refractivity contribution in [1.29, 1.82) is 0 Å². The van der Waals surface area contributed by atoms with Gasteiger partial charge in [0.05, 0.1) is 5.69 Å². The molecule has 2 rings (SSSR count). The quantitative estimate of drug-likeness (QED) is 0.875. The van der Waals surface area contributed by atoms with E-state index in [1.165, 1.54) is 0 Å². The average molecular weight is 338 g/mol. The van der Waals surface area contributed by atoms with Gasteiger partial charge in [-0.3, -0.25) is 4.68 Å². The van der Waals surface area contributed by atoms with Gasteiger partial charge in [0.2, 0.25) is 0 Å². The topological polar surface area (TPSA) is 53.1 Å². The number of hydrogen-bond donors (Lipinski definition) is 1. The number of rotatable bonds is 6. The van der Waals surface area contributed by atoms with Gasteiger partial charge in [-0.15, -0.1) is 0 Å². The molecular weight excluding hydrogens is 318 g/mol. The minimum Gasteiger partial charge on any atom is -0.487 e. The van der Waals surface area contributed by atoms with Crippen LogP contribution in [0, 0.1) is 0 Å². The molecule has 0 saturated heterocycles. The van der Waals surface area contributed by atoms with E-state index in [1.54, 1.807) is 0 Å². The van der Waals surface area contributed by atoms with Crippen LogP contribution in [-0.4, -0.2) is 9.78 Å². The van der Waals surface area contributed by atoms with Crippen LogP contribution in [-0.2, 0) is 13.2 Å². The fourth-order valence-corrected chi connectivity index (χ4v) is 2.25. The first-order valence-electron chi connectivity index (χ1n) is 6.79. The van der Waals surface area contributed by atoms with Gasteiger partial charge in [0.15, 0.2) is 0 Å². The maximum atomic E-state index is 5.76. The molecule has 2 N–H and O–H groups in total. The summed E-state index contributed by atoms with van der Waals surface area (Å²) < 4.78 is 8.75. The van der Waals surface area contributed by atoms with E-state index in [1.807, 2.05) is 35.1 Å². The lowest BCUT2D eigenvalue weighted by atomic mass is 10.2. The molecule has 0 saturated carbocycles. The Balaban J connectivity index is 2.00. The molecule has 1 heterocycles. The maximum absolute atomic E-state index is 5.76. The summed E-state index contributed by atoms with van der Waals surface area (Å²) in [6.07, 6.45) is 3.06. The van der Waals surface area contributed by atoms with E-state index in [4.69, 9.17) is 10.5 Å². The lowest BCUT2D eigenvalue weighted by Crippen LogP contribution is -2.06. The van der Waals surface area contributed by atoms with Gasteiger partial charge >= 0.3 is 0 Å². The van der Waals surface area contributed by atoms with E-state index in [9.17, 15) is 0 Å². The molecule has 0 aliphatic carbocycles. The molecule has 2 aromatic rings. The van der Waals surface area contributed by atoms with E-state index in [0.717, 1.165) is 27.9 Å². The Morgan fingerprint density at radius 3 is 2.90 bits per heavy atom. The SMILES string of the molecule is CCC(C)n1ccc(COc2ccc(Br)c(CN)c2)n1. The summed E-state index contributed by atoms with van der Waals surface area (Å²) in [5.74, 6) is 0.812. The molecule has 108 valence electrons. The summed E-state index contributed by atoms with van der Waals surface area (Å²) in [7, 11) is 0. The first-order valence-corrected chi connectivity index (χ1v) is 7.58. The van der Waals surface area contributed by atoms with Crippen LogP contribution in [0.5, 0.6) is 5.75 Å². The lowest BCUT2D eigenvalue weighted by Gasteiger charge is -2.09. The normalized spacial score (nSPS) is 12.4. The fraction of sp³-hybridized carbons (Fsp3) is 0.400. The van der Waals surface area contributed by atoms with Crippen LogP contribution in [0.25, 0.3) is 0 Å². The summed E-state index contributed by atoms with van der Waals surface area (Å²) in [5.41, 5.74) is 7.65. The van der Waals surface area contributed by atoms with Gasteiger partial charge in [0, 0.05) is 23.3 Å². The zero-order chi connectivity index (χ0) is 14.5. The van der Waals surface area contributed by atoms with Crippen molar-refractivity contribution >= 4 is 15.9 Å². The van der Waals surface area contributed by atoms with Crippen molar-refractivity contribution in [1.82, 2.24) is 9.78 Å². The first kappa shape index (κ1) is 15.1. The molecule has 0 radical (unpaired) electrons. The van der Waals surface area contributed by atoms with Crippen LogP contribution in [0.2, 0.25) is 0 Å². The van der Waals surface area contributed by atoms with Gasteiger partial charge < -0.3 is 10.5 Å². The Hall–Kier alpha value is -1.33. The highest BCUT2D eigenvalue weighted by atomic mass is 79.9. The molecule has 4 nitrogen and oxygen atoms in total. The Morgan fingerprint density at radius 2 is 2.20 bits per heavy atom. The van der Waals surface area contributed by atoms with E-state index in [-0.39, 0.29) is 0 Å². The molecule has 5 heteroatoms. The highest BCUT2D eigenvalue weighted by Gasteiger charge is 2.06. The molecule has 1 aromatic carbocycles. The Bertz CT molecular complexity index is 568. The summed E-state index contributed by atoms with van der Waals surface area (Å²) in [4.78, 5) is 0. The molecule has 0 aliphatic heterocycles. The van der Waals surface area contributed by atoms with Gasteiger partial charge in [-0.2, -0.15) is 5.10 Å². The van der Waals surface area contributed by atoms with Gasteiger partial charge in [-0.25, -0.2) is 0 Å². The third-order valence-electron chi connectivity index (χ3n) is 3.33. The predicted molar refractivity (Wildman–Crippen MR) is 83.6 cm³/mol. The second-order valence-electron chi connectivity index (χ2n) is 4.79. The largest absolute Gasteiger partial charge is 0.487 e. The van der Waals surface area contributed by atoms with Crippen LogP contribution < -0.4 is 10.5 Å². The monoisotopic (exact) mass is 337 g/mol. The summed E-state index contributed by atoms with van der Waals surface area (Å²) in [6.45, 7) is 5.26. The van der Waals surface area contributed by atoms with Crippen molar-refractivity contribution in [2.45, 2.75) is 39.5 Å². The maximum Gasteiger partial charge on any atom is 0.132 e. The Morgan fingerprint density at radius 1 is 1.40 bits per heavy atom. The molecule has 0 bridgehead atoms. The smallest absolute Gasteiger partial charge is 0.132 e. The first-order chi connectivity index (χ1) is 9.63. The van der Waals surface area contributed by atoms with Crippen LogP contribution in [0.1, 0.15) is 37.6 Å². The van der Waals surface area contributed by atoms with Gasteiger partial charge in [0.25, 0.3) is 0 Å². The van der Waals surface area contributed by atoms with E-state index >= 15 is 0 Å². The number of aromatic nitrogens is 2. The number of halogens is 1. The molecule has 1 atom stereocenters. The number of ether oxygens (including phenoxy) is 1. The van der Waals surface area contributed by atoms with Gasteiger partial charge in [-0.05, 0) is 43.2 Å². The van der Waals surface area contributed by atoms with Gasteiger partial charge in [0.1, 0.15) is 12.4 Å². The minimum absolute atomic E-state index is 0.417. The zero-order valence-electron chi connectivity index (χ0n) is 11.8. The highest BCUT2D eigenvalue weighted by molar-refractivity contribution is 9.10. The predicted octanol–water partition coefficient (Wildman–Crippen LogP) is 3.65. The summed E-state index contributed by atoms with van der Waals surface area (Å²) >= 11 is 3.46. The number of benzene rings is 1. The molecule has 0 spiro atoms. The van der Waals surface area contributed by atoms with Crippen molar-refractivity contribution in [3.05, 3.63) is 46.2 Å². The Labute approximate surface area is 128 Å². The number of nitrogens with two attached hydrogens (primary N) is 1. The molecular formula is C15H20BrN3O. The third-order valence-corrected chi connectivity index (χ3v) is 4.10. The molecule has 1 unspecified atom stereocenters. The Kier molecular flexibility index (Phi) is 5.20. The second kappa shape index (κ2) is 6.90. The van der Waals surface area contributed by atoms with Crippen molar-refractivity contribution in [3.63, 3.8) is 0 Å². The molecule has 20 heavy (non-hydrogen) atoms. The van der Waals surface area contributed by atoms with Crippen LogP contribution in [0.3, 0.4) is 0 Å². The lowest BCUT2D eigenvalue weighted by molar-refractivity contribution is 0.298. The summed E-state index contributed by atoms with van der Waals surface area (Å²) in [5, 5.41) is 4.51. The molecule has 0 amide bonds. The fourth-order valence-electron chi connectivity index (χ4n) is 1.84. The number of hydrogen-bond acceptors (Lipinski definition) is 3. The third kappa shape index (κ3) is 3.61.